The molecule has 4 aromatic carbocycles. The van der Waals surface area contributed by atoms with Crippen molar-refractivity contribution >= 4 is 40.8 Å². The molecule has 2 heteroatoms. The fourth-order valence-electron chi connectivity index (χ4n) is 3.22. The zero-order chi connectivity index (χ0) is 20.1. The van der Waals surface area contributed by atoms with Crippen molar-refractivity contribution in [3.8, 4) is 0 Å². The van der Waals surface area contributed by atoms with Crippen LogP contribution in [0.25, 0.3) is 12.2 Å². The Bertz CT molecular complexity index is 1080. The van der Waals surface area contributed by atoms with Gasteiger partial charge in [-0.25, -0.2) is 0 Å². The maximum absolute atomic E-state index is 5.96. The molecule has 0 unspecified atom stereocenters. The van der Waals surface area contributed by atoms with Crippen LogP contribution in [0.5, 0.6) is 0 Å². The second-order valence-corrected chi connectivity index (χ2v) is 7.42. The normalized spacial score (nSPS) is 11.0. The Morgan fingerprint density at radius 1 is 0.552 bits per heavy atom. The van der Waals surface area contributed by atoms with Gasteiger partial charge in [0.25, 0.3) is 0 Å². The van der Waals surface area contributed by atoms with E-state index in [9.17, 15) is 0 Å². The van der Waals surface area contributed by atoms with E-state index < -0.39 is 0 Å². The van der Waals surface area contributed by atoms with Gasteiger partial charge in [0.05, 0.1) is 0 Å². The zero-order valence-corrected chi connectivity index (χ0v) is 17.1. The van der Waals surface area contributed by atoms with Crippen LogP contribution in [-0.4, -0.2) is 0 Å². The Morgan fingerprint density at radius 2 is 1.00 bits per heavy atom. The summed E-state index contributed by atoms with van der Waals surface area (Å²) in [7, 11) is 0. The molecule has 0 aliphatic heterocycles. The molecule has 0 aliphatic rings. The SMILES string of the molecule is Cc1ccc(N(c2ccccc2)c2ccc(/C=C\c3ccc(Cl)cc3)cc2)cc1. The highest BCUT2D eigenvalue weighted by atomic mass is 35.5. The van der Waals surface area contributed by atoms with Gasteiger partial charge in [-0.05, 0) is 66.6 Å². The number of hydrogen-bond acceptors (Lipinski definition) is 1. The summed E-state index contributed by atoms with van der Waals surface area (Å²) in [5, 5.41) is 0.753. The summed E-state index contributed by atoms with van der Waals surface area (Å²) in [5.74, 6) is 0. The summed E-state index contributed by atoms with van der Waals surface area (Å²) >= 11 is 5.96. The molecule has 0 saturated heterocycles. The molecule has 0 amide bonds. The fourth-order valence-corrected chi connectivity index (χ4v) is 3.34. The number of anilines is 3. The smallest absolute Gasteiger partial charge is 0.0462 e. The van der Waals surface area contributed by atoms with E-state index in [1.807, 2.05) is 30.3 Å². The summed E-state index contributed by atoms with van der Waals surface area (Å²) in [6.45, 7) is 2.11. The van der Waals surface area contributed by atoms with Gasteiger partial charge in [0.1, 0.15) is 0 Å². The van der Waals surface area contributed by atoms with Gasteiger partial charge >= 0.3 is 0 Å². The van der Waals surface area contributed by atoms with Crippen molar-refractivity contribution in [2.24, 2.45) is 0 Å². The van der Waals surface area contributed by atoms with Crippen molar-refractivity contribution in [1.29, 1.82) is 0 Å². The van der Waals surface area contributed by atoms with Crippen molar-refractivity contribution in [2.75, 3.05) is 4.90 Å². The van der Waals surface area contributed by atoms with Gasteiger partial charge in [0.2, 0.25) is 0 Å². The average molecular weight is 396 g/mol. The molecule has 142 valence electrons. The molecule has 0 heterocycles. The lowest BCUT2D eigenvalue weighted by atomic mass is 10.1. The van der Waals surface area contributed by atoms with Gasteiger partial charge in [-0.15, -0.1) is 0 Å². The zero-order valence-electron chi connectivity index (χ0n) is 16.3. The average Bonchev–Trinajstić information content (AvgIpc) is 2.77. The fraction of sp³-hybridized carbons (Fsp3) is 0.0370. The molecule has 0 atom stereocenters. The molecule has 0 fully saturated rings. The quantitative estimate of drug-likeness (QED) is 0.307. The van der Waals surface area contributed by atoms with Crippen LogP contribution in [0.2, 0.25) is 5.02 Å². The van der Waals surface area contributed by atoms with Crippen LogP contribution in [0, 0.1) is 6.92 Å². The molecular formula is C27H22ClN. The molecule has 0 aromatic heterocycles. The van der Waals surface area contributed by atoms with Crippen molar-refractivity contribution < 1.29 is 0 Å². The first-order valence-electron chi connectivity index (χ1n) is 9.65. The number of halogens is 1. The molecule has 0 N–H and O–H groups in total. The van der Waals surface area contributed by atoms with E-state index in [0.29, 0.717) is 0 Å². The summed E-state index contributed by atoms with van der Waals surface area (Å²) in [4.78, 5) is 2.27. The second-order valence-electron chi connectivity index (χ2n) is 6.98. The van der Waals surface area contributed by atoms with Crippen LogP contribution in [0.4, 0.5) is 17.1 Å². The molecule has 1 nitrogen and oxygen atoms in total. The molecular weight excluding hydrogens is 374 g/mol. The van der Waals surface area contributed by atoms with E-state index in [1.54, 1.807) is 0 Å². The molecule has 0 spiro atoms. The third kappa shape index (κ3) is 4.77. The van der Waals surface area contributed by atoms with Crippen molar-refractivity contribution in [3.63, 3.8) is 0 Å². The van der Waals surface area contributed by atoms with Crippen molar-refractivity contribution in [1.82, 2.24) is 0 Å². The number of nitrogens with zero attached hydrogens (tertiary/aromatic N) is 1. The largest absolute Gasteiger partial charge is 0.311 e. The molecule has 0 bridgehead atoms. The van der Waals surface area contributed by atoms with Crippen LogP contribution in [0.3, 0.4) is 0 Å². The third-order valence-electron chi connectivity index (χ3n) is 4.80. The third-order valence-corrected chi connectivity index (χ3v) is 5.05. The number of para-hydroxylation sites is 1. The minimum absolute atomic E-state index is 0.753. The number of hydrogen-bond donors (Lipinski definition) is 0. The predicted octanol–water partition coefficient (Wildman–Crippen LogP) is 8.29. The molecule has 0 aliphatic carbocycles. The topological polar surface area (TPSA) is 3.24 Å². The van der Waals surface area contributed by atoms with Gasteiger partial charge in [0.15, 0.2) is 0 Å². The van der Waals surface area contributed by atoms with Gasteiger partial charge < -0.3 is 4.90 Å². The van der Waals surface area contributed by atoms with Crippen LogP contribution in [0.1, 0.15) is 16.7 Å². The maximum atomic E-state index is 5.96. The molecule has 4 aromatic rings. The number of benzene rings is 4. The maximum Gasteiger partial charge on any atom is 0.0462 e. The highest BCUT2D eigenvalue weighted by molar-refractivity contribution is 6.30. The predicted molar refractivity (Wildman–Crippen MR) is 126 cm³/mol. The number of aryl methyl sites for hydroxylation is 1. The van der Waals surface area contributed by atoms with E-state index in [2.05, 4.69) is 96.8 Å². The van der Waals surface area contributed by atoms with Gasteiger partial charge in [-0.1, -0.05) is 83.9 Å². The lowest BCUT2D eigenvalue weighted by molar-refractivity contribution is 1.27. The van der Waals surface area contributed by atoms with Crippen molar-refractivity contribution in [3.05, 3.63) is 125 Å². The molecule has 4 rings (SSSR count). The Hall–Kier alpha value is -3.29. The first-order chi connectivity index (χ1) is 14.2. The summed E-state index contributed by atoms with van der Waals surface area (Å²) in [5.41, 5.74) is 6.95. The Balaban J connectivity index is 1.63. The minimum Gasteiger partial charge on any atom is -0.311 e. The van der Waals surface area contributed by atoms with Crippen LogP contribution < -0.4 is 4.90 Å². The second kappa shape index (κ2) is 8.81. The summed E-state index contributed by atoms with van der Waals surface area (Å²) < 4.78 is 0. The van der Waals surface area contributed by atoms with Crippen LogP contribution in [-0.2, 0) is 0 Å². The standard InChI is InChI=1S/C27H22ClN/c1-21-7-17-26(18-8-21)29(25-5-3-2-4-6-25)27-19-13-23(14-20-27)10-9-22-11-15-24(28)16-12-22/h2-20H,1H3/b10-9-. The summed E-state index contributed by atoms with van der Waals surface area (Å²) in [6.07, 6.45) is 4.21. The van der Waals surface area contributed by atoms with Gasteiger partial charge in [-0.2, -0.15) is 0 Å². The monoisotopic (exact) mass is 395 g/mol. The lowest BCUT2D eigenvalue weighted by Crippen LogP contribution is -2.09. The molecule has 0 radical (unpaired) electrons. The first kappa shape index (κ1) is 19.0. The Morgan fingerprint density at radius 3 is 1.55 bits per heavy atom. The number of rotatable bonds is 5. The molecule has 0 saturated carbocycles. The molecule has 29 heavy (non-hydrogen) atoms. The van der Waals surface area contributed by atoms with Gasteiger partial charge in [0, 0.05) is 22.1 Å². The Labute approximate surface area is 177 Å². The lowest BCUT2D eigenvalue weighted by Gasteiger charge is -2.25. The summed E-state index contributed by atoms with van der Waals surface area (Å²) in [6, 6.07) is 35.5. The van der Waals surface area contributed by atoms with Crippen molar-refractivity contribution in [2.45, 2.75) is 6.92 Å². The van der Waals surface area contributed by atoms with E-state index >= 15 is 0 Å². The highest BCUT2D eigenvalue weighted by Crippen LogP contribution is 2.34. The van der Waals surface area contributed by atoms with E-state index in [4.69, 9.17) is 11.6 Å². The highest BCUT2D eigenvalue weighted by Gasteiger charge is 2.11. The van der Waals surface area contributed by atoms with Crippen LogP contribution >= 0.6 is 11.6 Å². The Kier molecular flexibility index (Phi) is 5.79. The first-order valence-corrected chi connectivity index (χ1v) is 10.0. The van der Waals surface area contributed by atoms with E-state index in [1.165, 1.54) is 5.56 Å². The van der Waals surface area contributed by atoms with Gasteiger partial charge in [-0.3, -0.25) is 0 Å². The van der Waals surface area contributed by atoms with E-state index in [0.717, 1.165) is 33.2 Å². The van der Waals surface area contributed by atoms with E-state index in [-0.39, 0.29) is 0 Å². The van der Waals surface area contributed by atoms with Crippen LogP contribution in [0.15, 0.2) is 103 Å². The minimum atomic E-state index is 0.753.